The van der Waals surface area contributed by atoms with Gasteiger partial charge in [0, 0.05) is 7.11 Å². The molecule has 0 aliphatic rings. The van der Waals surface area contributed by atoms with Gasteiger partial charge in [0.15, 0.2) is 0 Å². The molecule has 0 radical (unpaired) electrons. The maximum absolute atomic E-state index is 4.98. The molecule has 1 nitrogen and oxygen atoms in total. The van der Waals surface area contributed by atoms with E-state index >= 15 is 0 Å². The molecule has 0 aromatic rings. The summed E-state index contributed by atoms with van der Waals surface area (Å²) in [5.74, 6) is 0. The molecule has 0 unspecified atom stereocenters. The van der Waals surface area contributed by atoms with E-state index in [2.05, 4.69) is 19.1 Å². The standard InChI is InChI=1S/C20H40O/c1-3-4-5-6-7-8-9-10-11-12-13-14-15-16-17-18-19-20-21-2/h18-19H,3-17,20H2,1-2H3/b19-18+. The van der Waals surface area contributed by atoms with E-state index in [9.17, 15) is 0 Å². The molecule has 0 amide bonds. The van der Waals surface area contributed by atoms with Crippen molar-refractivity contribution in [3.63, 3.8) is 0 Å². The Kier molecular flexibility index (Phi) is 19.4. The van der Waals surface area contributed by atoms with Crippen molar-refractivity contribution in [2.24, 2.45) is 0 Å². The van der Waals surface area contributed by atoms with Gasteiger partial charge in [-0.05, 0) is 12.8 Å². The highest BCUT2D eigenvalue weighted by Gasteiger charge is 1.93. The minimum Gasteiger partial charge on any atom is -0.381 e. The number of ether oxygens (including phenoxy) is 1. The van der Waals surface area contributed by atoms with Crippen molar-refractivity contribution >= 4 is 0 Å². The molecule has 21 heavy (non-hydrogen) atoms. The van der Waals surface area contributed by atoms with E-state index in [1.165, 1.54) is 96.3 Å². The first-order chi connectivity index (χ1) is 10.4. The van der Waals surface area contributed by atoms with E-state index in [0.717, 1.165) is 6.61 Å². The second kappa shape index (κ2) is 19.7. The van der Waals surface area contributed by atoms with E-state index in [1.807, 2.05) is 0 Å². The van der Waals surface area contributed by atoms with Crippen molar-refractivity contribution in [1.29, 1.82) is 0 Å². The van der Waals surface area contributed by atoms with Crippen LogP contribution in [-0.4, -0.2) is 13.7 Å². The summed E-state index contributed by atoms with van der Waals surface area (Å²) in [5.41, 5.74) is 0. The smallest absolute Gasteiger partial charge is 0.0643 e. The third-order valence-corrected chi connectivity index (χ3v) is 4.15. The minimum absolute atomic E-state index is 0.763. The number of hydrogen-bond donors (Lipinski definition) is 0. The lowest BCUT2D eigenvalue weighted by atomic mass is 10.0. The Hall–Kier alpha value is -0.300. The number of unbranched alkanes of at least 4 members (excludes halogenated alkanes) is 14. The Morgan fingerprint density at radius 3 is 1.43 bits per heavy atom. The summed E-state index contributed by atoms with van der Waals surface area (Å²) in [6.07, 6.45) is 25.7. The molecule has 0 saturated carbocycles. The van der Waals surface area contributed by atoms with Crippen LogP contribution < -0.4 is 0 Å². The van der Waals surface area contributed by atoms with Crippen molar-refractivity contribution in [2.45, 2.75) is 103 Å². The van der Waals surface area contributed by atoms with Crippen LogP contribution in [-0.2, 0) is 4.74 Å². The predicted molar refractivity (Wildman–Crippen MR) is 95.9 cm³/mol. The predicted octanol–water partition coefficient (Wildman–Crippen LogP) is 7.06. The van der Waals surface area contributed by atoms with Gasteiger partial charge in [-0.1, -0.05) is 103 Å². The van der Waals surface area contributed by atoms with Gasteiger partial charge in [-0.25, -0.2) is 0 Å². The fourth-order valence-corrected chi connectivity index (χ4v) is 2.74. The lowest BCUT2D eigenvalue weighted by molar-refractivity contribution is 0.233. The van der Waals surface area contributed by atoms with Crippen molar-refractivity contribution in [3.05, 3.63) is 12.2 Å². The number of allylic oxidation sites excluding steroid dienone is 1. The molecule has 0 fully saturated rings. The third-order valence-electron chi connectivity index (χ3n) is 4.15. The van der Waals surface area contributed by atoms with Gasteiger partial charge < -0.3 is 4.74 Å². The second-order valence-electron chi connectivity index (χ2n) is 6.31. The summed E-state index contributed by atoms with van der Waals surface area (Å²) in [6.45, 7) is 3.05. The van der Waals surface area contributed by atoms with Gasteiger partial charge in [-0.3, -0.25) is 0 Å². The molecule has 0 atom stereocenters. The SMILES string of the molecule is CCCCCCCCCCCCCCCC/C=C/COC. The summed E-state index contributed by atoms with van der Waals surface area (Å²) >= 11 is 0. The zero-order chi connectivity index (χ0) is 15.4. The van der Waals surface area contributed by atoms with Gasteiger partial charge in [-0.2, -0.15) is 0 Å². The van der Waals surface area contributed by atoms with E-state index < -0.39 is 0 Å². The van der Waals surface area contributed by atoms with Gasteiger partial charge in [0.2, 0.25) is 0 Å². The lowest BCUT2D eigenvalue weighted by Gasteiger charge is -2.02. The van der Waals surface area contributed by atoms with Crippen LogP contribution in [0.2, 0.25) is 0 Å². The Balaban J connectivity index is 2.96. The number of rotatable bonds is 17. The van der Waals surface area contributed by atoms with Crippen LogP contribution in [0.5, 0.6) is 0 Å². The van der Waals surface area contributed by atoms with E-state index in [1.54, 1.807) is 7.11 Å². The molecular formula is C20H40O. The molecule has 126 valence electrons. The van der Waals surface area contributed by atoms with Crippen molar-refractivity contribution in [3.8, 4) is 0 Å². The van der Waals surface area contributed by atoms with Crippen LogP contribution in [0.4, 0.5) is 0 Å². The van der Waals surface area contributed by atoms with Crippen LogP contribution in [0.25, 0.3) is 0 Å². The molecule has 0 spiro atoms. The average Bonchev–Trinajstić information content (AvgIpc) is 2.50. The topological polar surface area (TPSA) is 9.23 Å². The van der Waals surface area contributed by atoms with Crippen LogP contribution in [0.15, 0.2) is 12.2 Å². The molecule has 0 heterocycles. The van der Waals surface area contributed by atoms with Gasteiger partial charge in [0.25, 0.3) is 0 Å². The van der Waals surface area contributed by atoms with E-state index in [-0.39, 0.29) is 0 Å². The monoisotopic (exact) mass is 296 g/mol. The molecule has 0 saturated heterocycles. The fourth-order valence-electron chi connectivity index (χ4n) is 2.74. The maximum Gasteiger partial charge on any atom is 0.0643 e. The number of hydrogen-bond acceptors (Lipinski definition) is 1. The fraction of sp³-hybridized carbons (Fsp3) is 0.900. The van der Waals surface area contributed by atoms with Crippen molar-refractivity contribution in [1.82, 2.24) is 0 Å². The highest BCUT2D eigenvalue weighted by atomic mass is 16.5. The Morgan fingerprint density at radius 2 is 1.00 bits per heavy atom. The highest BCUT2D eigenvalue weighted by molar-refractivity contribution is 4.80. The van der Waals surface area contributed by atoms with Gasteiger partial charge in [0.05, 0.1) is 6.61 Å². The Morgan fingerprint density at radius 1 is 0.571 bits per heavy atom. The van der Waals surface area contributed by atoms with Crippen LogP contribution >= 0.6 is 0 Å². The van der Waals surface area contributed by atoms with Crippen LogP contribution in [0, 0.1) is 0 Å². The summed E-state index contributed by atoms with van der Waals surface area (Å²) in [7, 11) is 1.75. The molecular weight excluding hydrogens is 256 g/mol. The first-order valence-electron chi connectivity index (χ1n) is 9.55. The largest absolute Gasteiger partial charge is 0.381 e. The number of methoxy groups -OCH3 is 1. The zero-order valence-corrected chi connectivity index (χ0v) is 14.9. The normalized spacial score (nSPS) is 11.5. The van der Waals surface area contributed by atoms with E-state index in [4.69, 9.17) is 4.74 Å². The summed E-state index contributed by atoms with van der Waals surface area (Å²) in [6, 6.07) is 0. The first kappa shape index (κ1) is 20.7. The molecule has 0 aromatic carbocycles. The lowest BCUT2D eigenvalue weighted by Crippen LogP contribution is -1.83. The highest BCUT2D eigenvalue weighted by Crippen LogP contribution is 2.13. The second-order valence-corrected chi connectivity index (χ2v) is 6.31. The Bertz CT molecular complexity index is 198. The maximum atomic E-state index is 4.98. The molecule has 0 aliphatic carbocycles. The van der Waals surface area contributed by atoms with Gasteiger partial charge in [0.1, 0.15) is 0 Å². The average molecular weight is 297 g/mol. The molecule has 0 N–H and O–H groups in total. The van der Waals surface area contributed by atoms with Gasteiger partial charge >= 0.3 is 0 Å². The minimum atomic E-state index is 0.763. The van der Waals surface area contributed by atoms with E-state index in [0.29, 0.717) is 0 Å². The summed E-state index contributed by atoms with van der Waals surface area (Å²) in [4.78, 5) is 0. The third kappa shape index (κ3) is 19.7. The molecule has 0 aliphatic heterocycles. The quantitative estimate of drug-likeness (QED) is 0.206. The molecule has 0 aromatic heterocycles. The summed E-state index contributed by atoms with van der Waals surface area (Å²) in [5, 5.41) is 0. The van der Waals surface area contributed by atoms with Gasteiger partial charge in [-0.15, -0.1) is 0 Å². The van der Waals surface area contributed by atoms with Crippen molar-refractivity contribution in [2.75, 3.05) is 13.7 Å². The van der Waals surface area contributed by atoms with Crippen molar-refractivity contribution < 1.29 is 4.74 Å². The first-order valence-corrected chi connectivity index (χ1v) is 9.55. The summed E-state index contributed by atoms with van der Waals surface area (Å²) < 4.78 is 4.98. The molecule has 0 rings (SSSR count). The molecule has 0 bridgehead atoms. The zero-order valence-electron chi connectivity index (χ0n) is 14.9. The van der Waals surface area contributed by atoms with Crippen LogP contribution in [0.1, 0.15) is 103 Å². The molecule has 1 heteroatoms. The van der Waals surface area contributed by atoms with Crippen LogP contribution in [0.3, 0.4) is 0 Å². The Labute approximate surface area is 134 Å².